The van der Waals surface area contributed by atoms with E-state index in [-0.39, 0.29) is 5.91 Å². The summed E-state index contributed by atoms with van der Waals surface area (Å²) in [6.07, 6.45) is 5.56. The van der Waals surface area contributed by atoms with E-state index >= 15 is 0 Å². The number of nitrogen functional groups attached to an aromatic ring is 1. The minimum absolute atomic E-state index is 0.0484. The van der Waals surface area contributed by atoms with Crippen molar-refractivity contribution < 1.29 is 9.53 Å². The lowest BCUT2D eigenvalue weighted by atomic mass is 9.97. The molecule has 1 saturated heterocycles. The summed E-state index contributed by atoms with van der Waals surface area (Å²) < 4.78 is 5.30. The molecule has 1 heterocycles. The minimum atomic E-state index is 0.0484. The summed E-state index contributed by atoms with van der Waals surface area (Å²) in [5.41, 5.74) is 6.99. The van der Waals surface area contributed by atoms with Crippen LogP contribution in [-0.2, 0) is 0 Å². The summed E-state index contributed by atoms with van der Waals surface area (Å²) in [5, 5.41) is 0. The summed E-state index contributed by atoms with van der Waals surface area (Å²) in [6.45, 7) is 3.00. The number of amides is 1. The number of hydrogen-bond acceptors (Lipinski definition) is 3. The van der Waals surface area contributed by atoms with Crippen molar-refractivity contribution in [2.75, 3.05) is 19.4 Å². The van der Waals surface area contributed by atoms with Crippen LogP contribution in [0.4, 0.5) is 5.69 Å². The summed E-state index contributed by atoms with van der Waals surface area (Å²) in [5.74, 6) is 0.650. The van der Waals surface area contributed by atoms with E-state index < -0.39 is 0 Å². The Hall–Kier alpha value is -1.71. The summed E-state index contributed by atoms with van der Waals surface area (Å²) in [4.78, 5) is 14.8. The van der Waals surface area contributed by atoms with Gasteiger partial charge in [0.05, 0.1) is 12.7 Å². The molecule has 0 saturated carbocycles. The van der Waals surface area contributed by atoms with Crippen LogP contribution < -0.4 is 10.5 Å². The second-order valence-electron chi connectivity index (χ2n) is 5.40. The summed E-state index contributed by atoms with van der Waals surface area (Å²) in [6, 6.07) is 5.60. The number of methoxy groups -OCH3 is 1. The molecule has 0 bridgehead atoms. The number of nitrogens with two attached hydrogens (primary N) is 1. The molecule has 1 atom stereocenters. The molecule has 110 valence electrons. The number of carbonyl (C=O) groups is 1. The zero-order valence-electron chi connectivity index (χ0n) is 12.4. The van der Waals surface area contributed by atoms with Crippen LogP contribution in [0.15, 0.2) is 18.2 Å². The van der Waals surface area contributed by atoms with Crippen LogP contribution in [0.25, 0.3) is 0 Å². The van der Waals surface area contributed by atoms with E-state index in [4.69, 9.17) is 10.5 Å². The third-order valence-corrected chi connectivity index (χ3v) is 3.96. The van der Waals surface area contributed by atoms with E-state index in [1.54, 1.807) is 25.3 Å². The van der Waals surface area contributed by atoms with Gasteiger partial charge in [0.1, 0.15) is 5.75 Å². The van der Waals surface area contributed by atoms with Crippen LogP contribution in [0.5, 0.6) is 5.75 Å². The predicted octanol–water partition coefficient (Wildman–Crippen LogP) is 3.07. The number of piperidine rings is 1. The Morgan fingerprint density at radius 1 is 1.45 bits per heavy atom. The van der Waals surface area contributed by atoms with Crippen molar-refractivity contribution in [1.82, 2.24) is 4.90 Å². The molecular weight excluding hydrogens is 252 g/mol. The van der Waals surface area contributed by atoms with Crippen molar-refractivity contribution in [1.29, 1.82) is 0 Å². The molecule has 20 heavy (non-hydrogen) atoms. The molecule has 1 amide bonds. The highest BCUT2D eigenvalue weighted by atomic mass is 16.5. The van der Waals surface area contributed by atoms with E-state index in [0.717, 1.165) is 32.2 Å². The number of likely N-dealkylation sites (tertiary alicyclic amines) is 1. The van der Waals surface area contributed by atoms with Crippen molar-refractivity contribution in [2.24, 2.45) is 0 Å². The van der Waals surface area contributed by atoms with Gasteiger partial charge in [-0.1, -0.05) is 13.3 Å². The van der Waals surface area contributed by atoms with Crippen molar-refractivity contribution in [3.05, 3.63) is 23.8 Å². The first-order valence-electron chi connectivity index (χ1n) is 7.41. The summed E-state index contributed by atoms with van der Waals surface area (Å²) >= 11 is 0. The summed E-state index contributed by atoms with van der Waals surface area (Å²) in [7, 11) is 1.59. The van der Waals surface area contributed by atoms with Gasteiger partial charge < -0.3 is 15.4 Å². The molecule has 2 rings (SSSR count). The molecule has 1 aromatic rings. The molecule has 1 fully saturated rings. The van der Waals surface area contributed by atoms with E-state index in [0.29, 0.717) is 23.0 Å². The van der Waals surface area contributed by atoms with Crippen molar-refractivity contribution in [3.63, 3.8) is 0 Å². The van der Waals surface area contributed by atoms with E-state index in [1.807, 2.05) is 4.90 Å². The topological polar surface area (TPSA) is 55.6 Å². The molecule has 0 radical (unpaired) electrons. The Labute approximate surface area is 120 Å². The molecule has 1 aliphatic heterocycles. The van der Waals surface area contributed by atoms with E-state index in [9.17, 15) is 4.79 Å². The molecule has 0 aliphatic carbocycles. The highest BCUT2D eigenvalue weighted by molar-refractivity contribution is 5.98. The fourth-order valence-corrected chi connectivity index (χ4v) is 2.95. The van der Waals surface area contributed by atoms with Crippen LogP contribution in [0.2, 0.25) is 0 Å². The Morgan fingerprint density at radius 3 is 2.95 bits per heavy atom. The lowest BCUT2D eigenvalue weighted by molar-refractivity contribution is 0.0597. The highest BCUT2D eigenvalue weighted by Gasteiger charge is 2.28. The molecule has 1 aromatic carbocycles. The Balaban J connectivity index is 2.26. The third-order valence-electron chi connectivity index (χ3n) is 3.96. The number of rotatable bonds is 4. The van der Waals surface area contributed by atoms with Gasteiger partial charge in [-0.25, -0.2) is 0 Å². The Bertz CT molecular complexity index is 472. The second-order valence-corrected chi connectivity index (χ2v) is 5.40. The standard InChI is InChI=1S/C16H24N2O2/c1-3-6-13-7-4-5-10-18(13)16(19)14-11-12(17)8-9-15(14)20-2/h8-9,11,13H,3-7,10,17H2,1-2H3. The monoisotopic (exact) mass is 276 g/mol. The number of carbonyl (C=O) groups excluding carboxylic acids is 1. The minimum Gasteiger partial charge on any atom is -0.496 e. The lowest BCUT2D eigenvalue weighted by Gasteiger charge is -2.36. The fourth-order valence-electron chi connectivity index (χ4n) is 2.95. The SMILES string of the molecule is CCCC1CCCCN1C(=O)c1cc(N)ccc1OC. The largest absolute Gasteiger partial charge is 0.496 e. The molecule has 0 spiro atoms. The molecule has 1 unspecified atom stereocenters. The average molecular weight is 276 g/mol. The highest BCUT2D eigenvalue weighted by Crippen LogP contribution is 2.27. The maximum atomic E-state index is 12.8. The molecule has 4 nitrogen and oxygen atoms in total. The van der Waals surface area contributed by atoms with Gasteiger partial charge in [0.25, 0.3) is 5.91 Å². The Morgan fingerprint density at radius 2 is 2.25 bits per heavy atom. The number of hydrogen-bond donors (Lipinski definition) is 1. The quantitative estimate of drug-likeness (QED) is 0.860. The van der Waals surface area contributed by atoms with Gasteiger partial charge in [0.15, 0.2) is 0 Å². The van der Waals surface area contributed by atoms with Crippen molar-refractivity contribution >= 4 is 11.6 Å². The lowest BCUT2D eigenvalue weighted by Crippen LogP contribution is -2.43. The molecule has 2 N–H and O–H groups in total. The fraction of sp³-hybridized carbons (Fsp3) is 0.562. The smallest absolute Gasteiger partial charge is 0.257 e. The molecule has 4 heteroatoms. The number of anilines is 1. The van der Waals surface area contributed by atoms with Gasteiger partial charge >= 0.3 is 0 Å². The predicted molar refractivity (Wildman–Crippen MR) is 81.0 cm³/mol. The van der Waals surface area contributed by atoms with Gasteiger partial charge in [0.2, 0.25) is 0 Å². The van der Waals surface area contributed by atoms with E-state index in [1.165, 1.54) is 6.42 Å². The number of benzene rings is 1. The first-order chi connectivity index (χ1) is 9.67. The normalized spacial score (nSPS) is 18.9. The van der Waals surface area contributed by atoms with Gasteiger partial charge in [-0.15, -0.1) is 0 Å². The zero-order valence-corrected chi connectivity index (χ0v) is 12.4. The number of nitrogens with zero attached hydrogens (tertiary/aromatic N) is 1. The maximum Gasteiger partial charge on any atom is 0.257 e. The molecule has 0 aromatic heterocycles. The van der Waals surface area contributed by atoms with Crippen LogP contribution >= 0.6 is 0 Å². The van der Waals surface area contributed by atoms with Gasteiger partial charge in [-0.2, -0.15) is 0 Å². The Kier molecular flexibility index (Phi) is 4.88. The maximum absolute atomic E-state index is 12.8. The van der Waals surface area contributed by atoms with Crippen LogP contribution in [0.3, 0.4) is 0 Å². The third kappa shape index (κ3) is 3.06. The second kappa shape index (κ2) is 6.64. The van der Waals surface area contributed by atoms with Crippen LogP contribution in [-0.4, -0.2) is 30.5 Å². The number of ether oxygens (including phenoxy) is 1. The van der Waals surface area contributed by atoms with Crippen molar-refractivity contribution in [3.8, 4) is 5.75 Å². The van der Waals surface area contributed by atoms with Crippen molar-refractivity contribution in [2.45, 2.75) is 45.1 Å². The van der Waals surface area contributed by atoms with Gasteiger partial charge in [-0.3, -0.25) is 4.79 Å². The first kappa shape index (κ1) is 14.7. The van der Waals surface area contributed by atoms with Crippen LogP contribution in [0.1, 0.15) is 49.4 Å². The van der Waals surface area contributed by atoms with Crippen LogP contribution in [0, 0.1) is 0 Å². The van der Waals surface area contributed by atoms with Gasteiger partial charge in [-0.05, 0) is 43.9 Å². The average Bonchev–Trinajstić information content (AvgIpc) is 2.47. The first-order valence-corrected chi connectivity index (χ1v) is 7.41. The zero-order chi connectivity index (χ0) is 14.5. The van der Waals surface area contributed by atoms with E-state index in [2.05, 4.69) is 6.92 Å². The molecule has 1 aliphatic rings. The molecular formula is C16H24N2O2. The van der Waals surface area contributed by atoms with Gasteiger partial charge in [0, 0.05) is 18.3 Å².